The monoisotopic (exact) mass is 468 g/mol. The van der Waals surface area contributed by atoms with Crippen LogP contribution in [0.1, 0.15) is 10.4 Å². The zero-order chi connectivity index (χ0) is 20.4. The first-order valence-corrected chi connectivity index (χ1v) is 10.4. The number of anilines is 1. The molecule has 0 aliphatic rings. The van der Waals surface area contributed by atoms with Crippen LogP contribution in [0.15, 0.2) is 65.1 Å². The average molecular weight is 469 g/mol. The minimum atomic E-state index is -0.316. The van der Waals surface area contributed by atoms with Gasteiger partial charge >= 0.3 is 0 Å². The summed E-state index contributed by atoms with van der Waals surface area (Å²) < 4.78 is 12.7. The van der Waals surface area contributed by atoms with Crippen molar-refractivity contribution in [1.82, 2.24) is 4.98 Å². The molecule has 4 aromatic rings. The molecule has 0 saturated heterocycles. The smallest absolute Gasteiger partial charge is 0.263 e. The zero-order valence-electron chi connectivity index (χ0n) is 15.7. The summed E-state index contributed by atoms with van der Waals surface area (Å²) in [4.78, 5) is 17.8. The Morgan fingerprint density at radius 3 is 2.41 bits per heavy atom. The Kier molecular flexibility index (Phi) is 5.51. The average Bonchev–Trinajstić information content (AvgIpc) is 3.18. The van der Waals surface area contributed by atoms with E-state index in [1.54, 1.807) is 29.5 Å². The number of nitrogens with one attached hydrogen (secondary N) is 1. The lowest BCUT2D eigenvalue weighted by Crippen LogP contribution is -2.15. The van der Waals surface area contributed by atoms with Gasteiger partial charge in [0.05, 0.1) is 30.1 Å². The molecule has 1 amide bonds. The van der Waals surface area contributed by atoms with E-state index in [9.17, 15) is 4.79 Å². The molecule has 0 spiro atoms. The lowest BCUT2D eigenvalue weighted by Gasteiger charge is -2.14. The minimum absolute atomic E-state index is 0.316. The number of aromatic nitrogens is 1. The van der Waals surface area contributed by atoms with Crippen molar-refractivity contribution >= 4 is 49.1 Å². The molecule has 5 nitrogen and oxygen atoms in total. The normalized spacial score (nSPS) is 10.7. The number of methoxy groups -OCH3 is 2. The van der Waals surface area contributed by atoms with Gasteiger partial charge in [-0.1, -0.05) is 34.1 Å². The Morgan fingerprint density at radius 2 is 1.72 bits per heavy atom. The van der Waals surface area contributed by atoms with Crippen molar-refractivity contribution in [1.29, 1.82) is 0 Å². The highest BCUT2D eigenvalue weighted by Crippen LogP contribution is 2.37. The number of thiazole rings is 1. The number of carbonyl (C=O) groups excluding carboxylic acids is 1. The predicted octanol–water partition coefficient (Wildman–Crippen LogP) is 6.00. The van der Waals surface area contributed by atoms with E-state index >= 15 is 0 Å². The lowest BCUT2D eigenvalue weighted by molar-refractivity contribution is 0.102. The molecule has 0 aliphatic heterocycles. The highest BCUT2D eigenvalue weighted by molar-refractivity contribution is 9.10. The van der Waals surface area contributed by atoms with E-state index in [0.29, 0.717) is 22.7 Å². The quantitative estimate of drug-likeness (QED) is 0.390. The van der Waals surface area contributed by atoms with E-state index < -0.39 is 0 Å². The molecule has 0 saturated carbocycles. The molecule has 146 valence electrons. The van der Waals surface area contributed by atoms with Crippen LogP contribution < -0.4 is 14.8 Å². The maximum Gasteiger partial charge on any atom is 0.263 e. The maximum atomic E-state index is 13.1. The number of ether oxygens (including phenoxy) is 2. The van der Waals surface area contributed by atoms with Crippen LogP contribution in [0.4, 0.5) is 5.69 Å². The third kappa shape index (κ3) is 3.83. The van der Waals surface area contributed by atoms with Crippen LogP contribution in [-0.4, -0.2) is 25.1 Å². The molecule has 7 heteroatoms. The van der Waals surface area contributed by atoms with Gasteiger partial charge in [0.15, 0.2) is 0 Å². The van der Waals surface area contributed by atoms with Gasteiger partial charge in [-0.25, -0.2) is 4.98 Å². The van der Waals surface area contributed by atoms with Crippen LogP contribution in [0.2, 0.25) is 0 Å². The highest BCUT2D eigenvalue weighted by Gasteiger charge is 2.20. The summed E-state index contributed by atoms with van der Waals surface area (Å²) in [7, 11) is 3.05. The molecule has 0 bridgehead atoms. The fraction of sp³-hybridized carbons (Fsp3) is 0.0909. The van der Waals surface area contributed by atoms with E-state index in [1.165, 1.54) is 14.2 Å². The van der Waals surface area contributed by atoms with Crippen LogP contribution >= 0.6 is 27.3 Å². The number of benzene rings is 3. The predicted molar refractivity (Wildman–Crippen MR) is 120 cm³/mol. The van der Waals surface area contributed by atoms with Crippen LogP contribution in [0.5, 0.6) is 11.5 Å². The summed E-state index contributed by atoms with van der Waals surface area (Å²) in [5.41, 5.74) is 2.76. The Hall–Kier alpha value is -2.90. The number of halogens is 1. The molecule has 0 radical (unpaired) electrons. The summed E-state index contributed by atoms with van der Waals surface area (Å²) in [5.74, 6) is 0.574. The van der Waals surface area contributed by atoms with Crippen molar-refractivity contribution < 1.29 is 14.3 Å². The standard InChI is InChI=1S/C22H17BrN2O3S/c1-27-17-7-5-8-18(28-2)20(17)21(26)24-15-11-10-13(23)12-14(15)22-25-16-6-3-4-9-19(16)29-22/h3-12H,1-2H3,(H,24,26). The van der Waals surface area contributed by atoms with E-state index in [4.69, 9.17) is 14.5 Å². The molecular weight excluding hydrogens is 452 g/mol. The van der Waals surface area contributed by atoms with E-state index in [-0.39, 0.29) is 5.91 Å². The fourth-order valence-corrected chi connectivity index (χ4v) is 4.41. The number of carbonyl (C=O) groups is 1. The molecule has 0 atom stereocenters. The van der Waals surface area contributed by atoms with E-state index in [1.807, 2.05) is 42.5 Å². The SMILES string of the molecule is COc1cccc(OC)c1C(=O)Nc1ccc(Br)cc1-c1nc2ccccc2s1. The first kappa shape index (κ1) is 19.4. The Balaban J connectivity index is 1.76. The number of hydrogen-bond donors (Lipinski definition) is 1. The third-order valence-electron chi connectivity index (χ3n) is 4.41. The second kappa shape index (κ2) is 8.23. The number of hydrogen-bond acceptors (Lipinski definition) is 5. The summed E-state index contributed by atoms with van der Waals surface area (Å²) in [6.07, 6.45) is 0. The Morgan fingerprint density at radius 1 is 1.00 bits per heavy atom. The van der Waals surface area contributed by atoms with E-state index in [0.717, 1.165) is 25.3 Å². The van der Waals surface area contributed by atoms with Crippen LogP contribution in [0, 0.1) is 0 Å². The van der Waals surface area contributed by atoms with Crippen molar-refractivity contribution in [3.8, 4) is 22.1 Å². The Labute approximate surface area is 180 Å². The number of amides is 1. The molecule has 1 aromatic heterocycles. The molecule has 3 aromatic carbocycles. The fourth-order valence-electron chi connectivity index (χ4n) is 3.05. The Bertz CT molecular complexity index is 1150. The van der Waals surface area contributed by atoms with Gasteiger partial charge in [-0.3, -0.25) is 4.79 Å². The number of nitrogens with zero attached hydrogens (tertiary/aromatic N) is 1. The van der Waals surface area contributed by atoms with Crippen molar-refractivity contribution in [3.05, 3.63) is 70.7 Å². The largest absolute Gasteiger partial charge is 0.496 e. The van der Waals surface area contributed by atoms with E-state index in [2.05, 4.69) is 21.2 Å². The number of para-hydroxylation sites is 1. The lowest BCUT2D eigenvalue weighted by atomic mass is 10.1. The van der Waals surface area contributed by atoms with Gasteiger partial charge < -0.3 is 14.8 Å². The third-order valence-corrected chi connectivity index (χ3v) is 5.97. The molecule has 0 fully saturated rings. The highest BCUT2D eigenvalue weighted by atomic mass is 79.9. The van der Waals surface area contributed by atoms with Gasteiger partial charge in [-0.2, -0.15) is 0 Å². The van der Waals surface area contributed by atoms with Crippen LogP contribution in [0.25, 0.3) is 20.8 Å². The van der Waals surface area contributed by atoms with Gasteiger partial charge in [0.25, 0.3) is 5.91 Å². The number of rotatable bonds is 5. The minimum Gasteiger partial charge on any atom is -0.496 e. The van der Waals surface area contributed by atoms with Crippen LogP contribution in [0.3, 0.4) is 0 Å². The molecule has 1 N–H and O–H groups in total. The molecule has 0 unspecified atom stereocenters. The van der Waals surface area contributed by atoms with Crippen molar-refractivity contribution in [2.24, 2.45) is 0 Å². The summed E-state index contributed by atoms with van der Waals surface area (Å²) in [6, 6.07) is 18.9. The second-order valence-corrected chi connectivity index (χ2v) is 8.11. The van der Waals surface area contributed by atoms with Crippen molar-refractivity contribution in [2.75, 3.05) is 19.5 Å². The molecule has 29 heavy (non-hydrogen) atoms. The van der Waals surface area contributed by atoms with Gasteiger partial charge in [0.2, 0.25) is 0 Å². The topological polar surface area (TPSA) is 60.5 Å². The zero-order valence-corrected chi connectivity index (χ0v) is 18.1. The molecule has 4 rings (SSSR count). The second-order valence-electron chi connectivity index (χ2n) is 6.17. The molecule has 0 aliphatic carbocycles. The summed E-state index contributed by atoms with van der Waals surface area (Å²) in [5, 5.41) is 3.82. The van der Waals surface area contributed by atoms with Gasteiger partial charge in [0.1, 0.15) is 22.1 Å². The maximum absolute atomic E-state index is 13.1. The molecule has 1 heterocycles. The van der Waals surface area contributed by atoms with Gasteiger partial charge in [-0.15, -0.1) is 11.3 Å². The van der Waals surface area contributed by atoms with Crippen molar-refractivity contribution in [2.45, 2.75) is 0 Å². The van der Waals surface area contributed by atoms with Gasteiger partial charge in [0, 0.05) is 10.0 Å². The molecular formula is C22H17BrN2O3S. The van der Waals surface area contributed by atoms with Crippen LogP contribution in [-0.2, 0) is 0 Å². The first-order valence-electron chi connectivity index (χ1n) is 8.78. The first-order chi connectivity index (χ1) is 14.1. The van der Waals surface area contributed by atoms with Crippen molar-refractivity contribution in [3.63, 3.8) is 0 Å². The number of fused-ring (bicyclic) bond motifs is 1. The van der Waals surface area contributed by atoms with Gasteiger partial charge in [-0.05, 0) is 42.5 Å². The summed E-state index contributed by atoms with van der Waals surface area (Å²) in [6.45, 7) is 0. The summed E-state index contributed by atoms with van der Waals surface area (Å²) >= 11 is 5.10.